The summed E-state index contributed by atoms with van der Waals surface area (Å²) in [6, 6.07) is 10.6. The fourth-order valence-electron chi connectivity index (χ4n) is 2.21. The Labute approximate surface area is 124 Å². The van der Waals surface area contributed by atoms with Crippen LogP contribution in [0, 0.1) is 0 Å². The van der Waals surface area contributed by atoms with Crippen molar-refractivity contribution in [2.45, 2.75) is 31.9 Å². The largest absolute Gasteiger partial charge is 0.377 e. The zero-order valence-corrected chi connectivity index (χ0v) is 12.3. The molecule has 5 nitrogen and oxygen atoms in total. The van der Waals surface area contributed by atoms with Crippen molar-refractivity contribution in [3.63, 3.8) is 0 Å². The lowest BCUT2D eigenvalue weighted by Crippen LogP contribution is -2.06. The maximum atomic E-state index is 5.83. The Morgan fingerprint density at radius 1 is 1.29 bits per heavy atom. The molecule has 1 heterocycles. The molecule has 0 aliphatic heterocycles. The highest BCUT2D eigenvalue weighted by molar-refractivity contribution is 5.65. The Bertz CT molecular complexity index is 640. The summed E-state index contributed by atoms with van der Waals surface area (Å²) in [5.74, 6) is 1.09. The predicted octanol–water partition coefficient (Wildman–Crippen LogP) is 3.01. The lowest BCUT2D eigenvalue weighted by Gasteiger charge is -2.12. The highest BCUT2D eigenvalue weighted by Gasteiger charge is 2.21. The van der Waals surface area contributed by atoms with Crippen molar-refractivity contribution in [3.05, 3.63) is 35.9 Å². The van der Waals surface area contributed by atoms with Crippen LogP contribution in [0.3, 0.4) is 0 Å². The number of hydrogen-bond acceptors (Lipinski definition) is 5. The second kappa shape index (κ2) is 5.69. The first kappa shape index (κ1) is 13.8. The van der Waals surface area contributed by atoms with E-state index in [4.69, 9.17) is 10.5 Å². The summed E-state index contributed by atoms with van der Waals surface area (Å²) in [5.41, 5.74) is 8.79. The molecule has 0 saturated heterocycles. The van der Waals surface area contributed by atoms with Gasteiger partial charge in [0.05, 0.1) is 11.8 Å². The van der Waals surface area contributed by atoms with Crippen molar-refractivity contribution in [3.8, 4) is 11.3 Å². The van der Waals surface area contributed by atoms with Gasteiger partial charge in [0, 0.05) is 24.8 Å². The molecule has 1 aromatic heterocycles. The van der Waals surface area contributed by atoms with Gasteiger partial charge >= 0.3 is 0 Å². The summed E-state index contributed by atoms with van der Waals surface area (Å²) < 4.78 is 5.37. The van der Waals surface area contributed by atoms with Crippen molar-refractivity contribution >= 4 is 11.8 Å². The van der Waals surface area contributed by atoms with E-state index in [0.29, 0.717) is 12.0 Å². The number of rotatable bonds is 5. The molecule has 1 aliphatic rings. The van der Waals surface area contributed by atoms with Gasteiger partial charge in [-0.15, -0.1) is 0 Å². The average molecular weight is 284 g/mol. The van der Waals surface area contributed by atoms with E-state index in [1.54, 1.807) is 7.11 Å². The number of nitrogens with zero attached hydrogens (tertiary/aromatic N) is 2. The molecule has 21 heavy (non-hydrogen) atoms. The number of ether oxygens (including phenoxy) is 1. The zero-order chi connectivity index (χ0) is 14.8. The highest BCUT2D eigenvalue weighted by atomic mass is 16.5. The fraction of sp³-hybridized carbons (Fsp3) is 0.375. The first-order valence-corrected chi connectivity index (χ1v) is 7.20. The molecule has 1 fully saturated rings. The van der Waals surface area contributed by atoms with Crippen molar-refractivity contribution in [1.29, 1.82) is 0 Å². The van der Waals surface area contributed by atoms with Crippen LogP contribution in [-0.2, 0) is 4.74 Å². The Hall–Kier alpha value is -2.14. The minimum atomic E-state index is 0.0493. The number of nitrogen functional groups attached to an aromatic ring is 1. The zero-order valence-electron chi connectivity index (χ0n) is 12.3. The van der Waals surface area contributed by atoms with E-state index in [1.807, 2.05) is 31.2 Å². The van der Waals surface area contributed by atoms with Crippen LogP contribution in [0.1, 0.15) is 31.4 Å². The predicted molar refractivity (Wildman–Crippen MR) is 83.9 cm³/mol. The molecule has 1 aliphatic carbocycles. The smallest absolute Gasteiger partial charge is 0.222 e. The van der Waals surface area contributed by atoms with Crippen LogP contribution >= 0.6 is 0 Å². The van der Waals surface area contributed by atoms with Gasteiger partial charge in [-0.3, -0.25) is 0 Å². The topological polar surface area (TPSA) is 73.1 Å². The summed E-state index contributed by atoms with van der Waals surface area (Å²) in [5, 5.41) is 3.36. The molecule has 1 unspecified atom stereocenters. The molecule has 0 bridgehead atoms. The third kappa shape index (κ3) is 3.31. The Kier molecular flexibility index (Phi) is 3.75. The van der Waals surface area contributed by atoms with E-state index in [9.17, 15) is 0 Å². The van der Waals surface area contributed by atoms with Crippen LogP contribution < -0.4 is 11.1 Å². The molecule has 3 rings (SSSR count). The van der Waals surface area contributed by atoms with Crippen LogP contribution in [0.2, 0.25) is 0 Å². The molecule has 0 radical (unpaired) electrons. The number of nitrogens with two attached hydrogens (primary N) is 1. The monoisotopic (exact) mass is 284 g/mol. The maximum absolute atomic E-state index is 5.83. The number of aromatic nitrogens is 2. The van der Waals surface area contributed by atoms with Gasteiger partial charge in [0.2, 0.25) is 5.95 Å². The fourth-order valence-corrected chi connectivity index (χ4v) is 2.21. The molecule has 1 atom stereocenters. The van der Waals surface area contributed by atoms with Crippen LogP contribution in [-0.4, -0.2) is 23.1 Å². The van der Waals surface area contributed by atoms with Gasteiger partial charge < -0.3 is 15.8 Å². The van der Waals surface area contributed by atoms with E-state index in [2.05, 4.69) is 21.4 Å². The number of benzene rings is 1. The molecule has 3 N–H and O–H groups in total. The molecule has 5 heteroatoms. The lowest BCUT2D eigenvalue weighted by molar-refractivity contribution is 0.119. The third-order valence-corrected chi connectivity index (χ3v) is 3.68. The summed E-state index contributed by atoms with van der Waals surface area (Å²) in [7, 11) is 1.71. The van der Waals surface area contributed by atoms with Crippen LogP contribution in [0.5, 0.6) is 0 Å². The number of anilines is 2. The quantitative estimate of drug-likeness (QED) is 0.883. The summed E-state index contributed by atoms with van der Waals surface area (Å²) in [6.45, 7) is 2.02. The Balaban J connectivity index is 1.93. The third-order valence-electron chi connectivity index (χ3n) is 3.68. The first-order chi connectivity index (χ1) is 10.2. The van der Waals surface area contributed by atoms with E-state index in [0.717, 1.165) is 22.6 Å². The molecule has 1 aromatic carbocycles. The van der Waals surface area contributed by atoms with E-state index in [1.165, 1.54) is 12.8 Å². The molecule has 1 saturated carbocycles. The van der Waals surface area contributed by atoms with Crippen LogP contribution in [0.25, 0.3) is 11.3 Å². The van der Waals surface area contributed by atoms with Gasteiger partial charge in [0.15, 0.2) is 0 Å². The minimum Gasteiger partial charge on any atom is -0.377 e. The van der Waals surface area contributed by atoms with Crippen molar-refractivity contribution < 1.29 is 4.74 Å². The Morgan fingerprint density at radius 3 is 2.81 bits per heavy atom. The van der Waals surface area contributed by atoms with Gasteiger partial charge in [-0.1, -0.05) is 18.2 Å². The second-order valence-corrected chi connectivity index (χ2v) is 5.42. The SMILES string of the molecule is COC(C)c1cccc(-c2cc(NC3CC3)nc(N)n2)c1. The Morgan fingerprint density at radius 2 is 2.10 bits per heavy atom. The second-order valence-electron chi connectivity index (χ2n) is 5.42. The minimum absolute atomic E-state index is 0.0493. The maximum Gasteiger partial charge on any atom is 0.222 e. The van der Waals surface area contributed by atoms with Crippen molar-refractivity contribution in [1.82, 2.24) is 9.97 Å². The van der Waals surface area contributed by atoms with E-state index < -0.39 is 0 Å². The van der Waals surface area contributed by atoms with Gasteiger partial charge in [-0.25, -0.2) is 4.98 Å². The highest BCUT2D eigenvalue weighted by Crippen LogP contribution is 2.28. The normalized spacial score (nSPS) is 15.7. The van der Waals surface area contributed by atoms with Gasteiger partial charge in [0.25, 0.3) is 0 Å². The summed E-state index contributed by atoms with van der Waals surface area (Å²) in [4.78, 5) is 8.59. The standard InChI is InChI=1S/C16H20N4O/c1-10(21-2)11-4-3-5-12(8-11)14-9-15(18-13-6-7-13)20-16(17)19-14/h3-5,8-10,13H,6-7H2,1-2H3,(H3,17,18,19,20). The molecule has 0 spiro atoms. The average Bonchev–Trinajstić information content (AvgIpc) is 3.30. The molecular formula is C16H20N4O. The number of methoxy groups -OCH3 is 1. The van der Waals surface area contributed by atoms with Gasteiger partial charge in [-0.05, 0) is 31.4 Å². The van der Waals surface area contributed by atoms with Gasteiger partial charge in [-0.2, -0.15) is 4.98 Å². The number of hydrogen-bond donors (Lipinski definition) is 2. The van der Waals surface area contributed by atoms with Crippen LogP contribution in [0.15, 0.2) is 30.3 Å². The molecular weight excluding hydrogens is 264 g/mol. The van der Waals surface area contributed by atoms with E-state index >= 15 is 0 Å². The summed E-state index contributed by atoms with van der Waals surface area (Å²) >= 11 is 0. The van der Waals surface area contributed by atoms with Crippen molar-refractivity contribution in [2.24, 2.45) is 0 Å². The van der Waals surface area contributed by atoms with Crippen molar-refractivity contribution in [2.75, 3.05) is 18.2 Å². The lowest BCUT2D eigenvalue weighted by atomic mass is 10.0. The van der Waals surface area contributed by atoms with E-state index in [-0.39, 0.29) is 6.10 Å². The number of nitrogens with one attached hydrogen (secondary N) is 1. The first-order valence-electron chi connectivity index (χ1n) is 7.20. The molecule has 2 aromatic rings. The molecule has 110 valence electrons. The van der Waals surface area contributed by atoms with Gasteiger partial charge in [0.1, 0.15) is 5.82 Å². The summed E-state index contributed by atoms with van der Waals surface area (Å²) in [6.07, 6.45) is 2.44. The van der Waals surface area contributed by atoms with Crippen LogP contribution in [0.4, 0.5) is 11.8 Å². The molecule has 0 amide bonds.